The summed E-state index contributed by atoms with van der Waals surface area (Å²) in [5.41, 5.74) is 2.07. The van der Waals surface area contributed by atoms with Crippen LogP contribution in [0, 0.1) is 6.92 Å². The number of carbonyl (C=O) groups is 1. The minimum Gasteiger partial charge on any atom is -0.425 e. The molecule has 5 nitrogen and oxygen atoms in total. The van der Waals surface area contributed by atoms with E-state index >= 15 is 0 Å². The van der Waals surface area contributed by atoms with E-state index < -0.39 is 0 Å². The van der Waals surface area contributed by atoms with Gasteiger partial charge in [0.25, 0.3) is 0 Å². The third-order valence-corrected chi connectivity index (χ3v) is 4.90. The number of hydrogen-bond acceptors (Lipinski definition) is 4. The van der Waals surface area contributed by atoms with Gasteiger partial charge in [-0.1, -0.05) is 31.0 Å². The molecular formula is C20H27N3O2. The second-order valence-corrected chi connectivity index (χ2v) is 7.16. The Kier molecular flexibility index (Phi) is 5.51. The van der Waals surface area contributed by atoms with Crippen LogP contribution in [0.25, 0.3) is 0 Å². The van der Waals surface area contributed by atoms with E-state index in [0.29, 0.717) is 24.7 Å². The Balaban J connectivity index is 1.65. The molecule has 0 spiro atoms. The number of rotatable bonds is 6. The summed E-state index contributed by atoms with van der Waals surface area (Å²) in [5, 5.41) is 8.33. The van der Waals surface area contributed by atoms with Crippen LogP contribution in [0.2, 0.25) is 0 Å². The monoisotopic (exact) mass is 341 g/mol. The summed E-state index contributed by atoms with van der Waals surface area (Å²) in [5.74, 6) is 1.82. The largest absolute Gasteiger partial charge is 0.425 e. The van der Waals surface area contributed by atoms with Crippen molar-refractivity contribution >= 4 is 11.6 Å². The second kappa shape index (κ2) is 7.81. The van der Waals surface area contributed by atoms with Crippen molar-refractivity contribution in [1.82, 2.24) is 10.2 Å². The molecule has 0 radical (unpaired) electrons. The van der Waals surface area contributed by atoms with E-state index in [1.807, 2.05) is 49.9 Å². The van der Waals surface area contributed by atoms with Gasteiger partial charge < -0.3 is 9.32 Å². The molecule has 1 heterocycles. The van der Waals surface area contributed by atoms with Gasteiger partial charge in [-0.2, -0.15) is 0 Å². The third kappa shape index (κ3) is 4.09. The summed E-state index contributed by atoms with van der Waals surface area (Å²) in [6, 6.07) is 8.09. The minimum atomic E-state index is 0.0879. The first kappa shape index (κ1) is 17.6. The SMILES string of the molecule is Cc1ccccc1N(C(=O)CCc1nnc(C2CCCC2)o1)C(C)C. The molecule has 5 heteroatoms. The van der Waals surface area contributed by atoms with Crippen LogP contribution in [0.3, 0.4) is 0 Å². The van der Waals surface area contributed by atoms with Crippen molar-refractivity contribution in [2.75, 3.05) is 4.90 Å². The van der Waals surface area contributed by atoms with Gasteiger partial charge in [0.2, 0.25) is 17.7 Å². The zero-order valence-corrected chi connectivity index (χ0v) is 15.4. The first-order chi connectivity index (χ1) is 12.1. The van der Waals surface area contributed by atoms with E-state index in [-0.39, 0.29) is 11.9 Å². The highest BCUT2D eigenvalue weighted by atomic mass is 16.4. The fourth-order valence-corrected chi connectivity index (χ4v) is 3.57. The van der Waals surface area contributed by atoms with Crippen LogP contribution in [0.1, 0.15) is 69.2 Å². The topological polar surface area (TPSA) is 59.2 Å². The fraction of sp³-hybridized carbons (Fsp3) is 0.550. The molecule has 134 valence electrons. The van der Waals surface area contributed by atoms with Crippen LogP contribution in [-0.2, 0) is 11.2 Å². The molecule has 1 saturated carbocycles. The Morgan fingerprint density at radius 2 is 1.96 bits per heavy atom. The van der Waals surface area contributed by atoms with Crippen LogP contribution in [0.15, 0.2) is 28.7 Å². The Morgan fingerprint density at radius 1 is 1.24 bits per heavy atom. The highest BCUT2D eigenvalue weighted by molar-refractivity contribution is 5.94. The van der Waals surface area contributed by atoms with E-state index in [1.165, 1.54) is 12.8 Å². The van der Waals surface area contributed by atoms with Crippen LogP contribution in [0.5, 0.6) is 0 Å². The highest BCUT2D eigenvalue weighted by Gasteiger charge is 2.24. The average Bonchev–Trinajstić information content (AvgIpc) is 3.26. The number of hydrogen-bond donors (Lipinski definition) is 0. The minimum absolute atomic E-state index is 0.0879. The Morgan fingerprint density at radius 3 is 2.64 bits per heavy atom. The van der Waals surface area contributed by atoms with E-state index in [4.69, 9.17) is 4.42 Å². The first-order valence-electron chi connectivity index (χ1n) is 9.26. The van der Waals surface area contributed by atoms with Crippen molar-refractivity contribution in [2.45, 2.75) is 71.3 Å². The van der Waals surface area contributed by atoms with E-state index in [1.54, 1.807) is 0 Å². The Labute approximate surface area is 149 Å². The number of para-hydroxylation sites is 1. The number of amides is 1. The molecule has 0 bridgehead atoms. The van der Waals surface area contributed by atoms with Crippen LogP contribution in [0.4, 0.5) is 5.69 Å². The second-order valence-electron chi connectivity index (χ2n) is 7.16. The van der Waals surface area contributed by atoms with Gasteiger partial charge in [0.1, 0.15) is 0 Å². The molecule has 0 atom stereocenters. The van der Waals surface area contributed by atoms with E-state index in [9.17, 15) is 4.79 Å². The molecule has 0 aliphatic heterocycles. The molecule has 0 unspecified atom stereocenters. The average molecular weight is 341 g/mol. The number of nitrogens with zero attached hydrogens (tertiary/aromatic N) is 3. The lowest BCUT2D eigenvalue weighted by molar-refractivity contribution is -0.119. The molecule has 0 saturated heterocycles. The maximum atomic E-state index is 12.8. The first-order valence-corrected chi connectivity index (χ1v) is 9.26. The normalized spacial score (nSPS) is 15.0. The van der Waals surface area contributed by atoms with Crippen molar-refractivity contribution < 1.29 is 9.21 Å². The Hall–Kier alpha value is -2.17. The van der Waals surface area contributed by atoms with Gasteiger partial charge in [0, 0.05) is 30.5 Å². The van der Waals surface area contributed by atoms with Gasteiger partial charge in [-0.05, 0) is 45.2 Å². The molecule has 1 aliphatic rings. The smallest absolute Gasteiger partial charge is 0.227 e. The number of benzene rings is 1. The van der Waals surface area contributed by atoms with Gasteiger partial charge in [-0.15, -0.1) is 10.2 Å². The lowest BCUT2D eigenvalue weighted by Crippen LogP contribution is -2.37. The summed E-state index contributed by atoms with van der Waals surface area (Å²) in [4.78, 5) is 14.7. The van der Waals surface area contributed by atoms with Gasteiger partial charge in [-0.25, -0.2) is 0 Å². The maximum Gasteiger partial charge on any atom is 0.227 e. The van der Waals surface area contributed by atoms with Crippen LogP contribution >= 0.6 is 0 Å². The summed E-state index contributed by atoms with van der Waals surface area (Å²) in [6.07, 6.45) is 5.61. The van der Waals surface area contributed by atoms with Crippen molar-refractivity contribution in [3.63, 3.8) is 0 Å². The number of aromatic nitrogens is 2. The molecule has 1 amide bonds. The van der Waals surface area contributed by atoms with Gasteiger partial charge in [0.05, 0.1) is 0 Å². The van der Waals surface area contributed by atoms with Crippen LogP contribution < -0.4 is 4.90 Å². The van der Waals surface area contributed by atoms with Crippen molar-refractivity contribution in [3.8, 4) is 0 Å². The summed E-state index contributed by atoms with van der Waals surface area (Å²) < 4.78 is 5.79. The standard InChI is InChI=1S/C20H27N3O2/c1-14(2)23(17-11-7-4-8-15(17)3)19(24)13-12-18-21-22-20(25-18)16-9-5-6-10-16/h4,7-8,11,14,16H,5-6,9-10,12-13H2,1-3H3. The number of carbonyl (C=O) groups excluding carboxylic acids is 1. The quantitative estimate of drug-likeness (QED) is 0.781. The van der Waals surface area contributed by atoms with Crippen LogP contribution in [-0.4, -0.2) is 22.1 Å². The third-order valence-electron chi connectivity index (χ3n) is 4.90. The predicted octanol–water partition coefficient (Wildman–Crippen LogP) is 4.41. The fourth-order valence-electron chi connectivity index (χ4n) is 3.57. The molecule has 1 aromatic heterocycles. The number of anilines is 1. The van der Waals surface area contributed by atoms with Crippen molar-refractivity contribution in [2.24, 2.45) is 0 Å². The molecule has 1 aliphatic carbocycles. The molecule has 2 aromatic rings. The molecule has 1 fully saturated rings. The van der Waals surface area contributed by atoms with E-state index in [2.05, 4.69) is 10.2 Å². The summed E-state index contributed by atoms with van der Waals surface area (Å²) in [6.45, 7) is 6.11. The molecular weight excluding hydrogens is 314 g/mol. The predicted molar refractivity (Wildman–Crippen MR) is 97.6 cm³/mol. The zero-order valence-electron chi connectivity index (χ0n) is 15.4. The van der Waals surface area contributed by atoms with Crippen molar-refractivity contribution in [3.05, 3.63) is 41.6 Å². The van der Waals surface area contributed by atoms with Crippen molar-refractivity contribution in [1.29, 1.82) is 0 Å². The molecule has 3 rings (SSSR count). The maximum absolute atomic E-state index is 12.8. The lowest BCUT2D eigenvalue weighted by atomic mass is 10.1. The highest BCUT2D eigenvalue weighted by Crippen LogP contribution is 2.33. The summed E-state index contributed by atoms with van der Waals surface area (Å²) >= 11 is 0. The summed E-state index contributed by atoms with van der Waals surface area (Å²) in [7, 11) is 0. The van der Waals surface area contributed by atoms with E-state index in [0.717, 1.165) is 30.0 Å². The molecule has 1 aromatic carbocycles. The lowest BCUT2D eigenvalue weighted by Gasteiger charge is -2.28. The van der Waals surface area contributed by atoms with Gasteiger partial charge >= 0.3 is 0 Å². The zero-order chi connectivity index (χ0) is 17.8. The molecule has 0 N–H and O–H groups in total. The van der Waals surface area contributed by atoms with Gasteiger partial charge in [0.15, 0.2) is 0 Å². The van der Waals surface area contributed by atoms with Gasteiger partial charge in [-0.3, -0.25) is 4.79 Å². The number of aryl methyl sites for hydroxylation is 2. The molecule has 25 heavy (non-hydrogen) atoms. The Bertz CT molecular complexity index is 717.